The van der Waals surface area contributed by atoms with Gasteiger partial charge in [-0.05, 0) is 57.2 Å². The quantitative estimate of drug-likeness (QED) is 0.746. The highest BCUT2D eigenvalue weighted by atomic mass is 79.9. The Kier molecular flexibility index (Phi) is 3.34. The molecule has 3 nitrogen and oxygen atoms in total. The van der Waals surface area contributed by atoms with Gasteiger partial charge in [-0.15, -0.1) is 0 Å². The average Bonchev–Trinajstić information content (AvgIpc) is 2.77. The Bertz CT molecular complexity index is 682. The maximum Gasteiger partial charge on any atom is 0.159 e. The highest BCUT2D eigenvalue weighted by Crippen LogP contribution is 2.28. The molecule has 0 bridgehead atoms. The number of fused-ring (bicyclic) bond motifs is 1. The number of pyridine rings is 1. The number of H-pyrrole nitrogens is 1. The number of hydrogen-bond acceptors (Lipinski definition) is 3. The largest absolute Gasteiger partial charge is 0.342 e. The predicted molar refractivity (Wildman–Crippen MR) is 80.1 cm³/mol. The highest BCUT2D eigenvalue weighted by molar-refractivity contribution is 9.11. The van der Waals surface area contributed by atoms with E-state index in [0.717, 1.165) is 39.7 Å². The number of aromatic nitrogens is 3. The minimum atomic E-state index is 0.702. The summed E-state index contributed by atoms with van der Waals surface area (Å²) in [5.74, 6) is 0.736. The maximum absolute atomic E-state index is 5.35. The number of hydrogen-bond donors (Lipinski definition) is 1. The third-order valence-electron chi connectivity index (χ3n) is 2.99. The normalized spacial score (nSPS) is 13.7. The Hall–Kier alpha value is -0.590. The fraction of sp³-hybridized carbons (Fsp3) is 0.250. The second kappa shape index (κ2) is 4.83. The number of aryl methyl sites for hydroxylation is 1. The van der Waals surface area contributed by atoms with E-state index in [1.165, 1.54) is 11.3 Å². The van der Waals surface area contributed by atoms with E-state index < -0.39 is 0 Å². The van der Waals surface area contributed by atoms with Crippen molar-refractivity contribution < 1.29 is 0 Å². The number of nitrogens with one attached hydrogen (secondary N) is 1. The third-order valence-corrected chi connectivity index (χ3v) is 4.37. The zero-order valence-electron chi connectivity index (χ0n) is 9.33. The minimum Gasteiger partial charge on any atom is -0.342 e. The van der Waals surface area contributed by atoms with Crippen LogP contribution in [-0.4, -0.2) is 15.0 Å². The van der Waals surface area contributed by atoms with E-state index in [1.54, 1.807) is 6.20 Å². The molecule has 0 saturated heterocycles. The molecule has 3 rings (SSSR count). The first-order chi connectivity index (χ1) is 8.65. The minimum absolute atomic E-state index is 0.702. The first-order valence-corrected chi connectivity index (χ1v) is 7.58. The summed E-state index contributed by atoms with van der Waals surface area (Å²) in [4.78, 5) is 12.2. The summed E-state index contributed by atoms with van der Waals surface area (Å²) in [6.45, 7) is 0. The molecule has 0 saturated carbocycles. The summed E-state index contributed by atoms with van der Waals surface area (Å²) in [6, 6.07) is 1.95. The molecule has 2 aromatic heterocycles. The lowest BCUT2D eigenvalue weighted by Gasteiger charge is -2.07. The Balaban J connectivity index is 2.18. The van der Waals surface area contributed by atoms with Gasteiger partial charge in [0.1, 0.15) is 10.3 Å². The molecular weight excluding hydrogens is 378 g/mol. The average molecular weight is 387 g/mol. The Labute approximate surface area is 126 Å². The van der Waals surface area contributed by atoms with Gasteiger partial charge < -0.3 is 4.98 Å². The number of aromatic amines is 1. The van der Waals surface area contributed by atoms with Crippen LogP contribution in [0.25, 0.3) is 11.5 Å². The van der Waals surface area contributed by atoms with Gasteiger partial charge in [-0.2, -0.15) is 0 Å². The molecule has 0 spiro atoms. The van der Waals surface area contributed by atoms with E-state index in [0.29, 0.717) is 4.64 Å². The fourth-order valence-electron chi connectivity index (χ4n) is 2.16. The Morgan fingerprint density at radius 3 is 2.89 bits per heavy atom. The van der Waals surface area contributed by atoms with Crippen molar-refractivity contribution in [3.63, 3.8) is 0 Å². The molecule has 0 unspecified atom stereocenters. The second-order valence-electron chi connectivity index (χ2n) is 4.19. The van der Waals surface area contributed by atoms with Gasteiger partial charge in [0.25, 0.3) is 0 Å². The molecule has 1 aliphatic rings. The fourth-order valence-corrected chi connectivity index (χ4v) is 3.65. The van der Waals surface area contributed by atoms with Gasteiger partial charge >= 0.3 is 0 Å². The van der Waals surface area contributed by atoms with Crippen LogP contribution in [0.2, 0.25) is 0 Å². The third kappa shape index (κ3) is 2.17. The zero-order valence-corrected chi connectivity index (χ0v) is 13.3. The van der Waals surface area contributed by atoms with Gasteiger partial charge in [0.2, 0.25) is 0 Å². The second-order valence-corrected chi connectivity index (χ2v) is 6.34. The Morgan fingerprint density at radius 1 is 1.28 bits per heavy atom. The highest BCUT2D eigenvalue weighted by Gasteiger charge is 2.17. The van der Waals surface area contributed by atoms with Crippen molar-refractivity contribution in [3.8, 4) is 11.5 Å². The summed E-state index contributed by atoms with van der Waals surface area (Å²) >= 11 is 12.2. The molecule has 18 heavy (non-hydrogen) atoms. The van der Waals surface area contributed by atoms with Crippen molar-refractivity contribution >= 4 is 44.1 Å². The van der Waals surface area contributed by atoms with E-state index >= 15 is 0 Å². The van der Waals surface area contributed by atoms with Gasteiger partial charge in [-0.3, -0.25) is 4.98 Å². The first kappa shape index (κ1) is 12.4. The van der Waals surface area contributed by atoms with Gasteiger partial charge in [0, 0.05) is 26.4 Å². The molecule has 0 fully saturated rings. The number of rotatable bonds is 1. The Morgan fingerprint density at radius 2 is 2.11 bits per heavy atom. The SMILES string of the molecule is S=c1nc(-c2ncc(Br)cc2Br)[nH]c2c1CCC2. The molecule has 92 valence electrons. The molecule has 0 atom stereocenters. The molecular formula is C12H9Br2N3S. The van der Waals surface area contributed by atoms with Crippen molar-refractivity contribution in [3.05, 3.63) is 37.1 Å². The van der Waals surface area contributed by atoms with E-state index in [9.17, 15) is 0 Å². The summed E-state index contributed by atoms with van der Waals surface area (Å²) in [7, 11) is 0. The molecule has 0 amide bonds. The number of nitrogens with zero attached hydrogens (tertiary/aromatic N) is 2. The summed E-state index contributed by atoms with van der Waals surface area (Å²) in [6.07, 6.45) is 4.98. The lowest BCUT2D eigenvalue weighted by molar-refractivity contribution is 0.899. The molecule has 0 radical (unpaired) electrons. The molecule has 0 aromatic carbocycles. The van der Waals surface area contributed by atoms with Crippen molar-refractivity contribution in [1.82, 2.24) is 15.0 Å². The van der Waals surface area contributed by atoms with Crippen molar-refractivity contribution in [1.29, 1.82) is 0 Å². The predicted octanol–water partition coefficient (Wildman–Crippen LogP) is 4.21. The van der Waals surface area contributed by atoms with Crippen LogP contribution in [0.3, 0.4) is 0 Å². The van der Waals surface area contributed by atoms with Gasteiger partial charge in [-0.25, -0.2) is 4.98 Å². The topological polar surface area (TPSA) is 41.6 Å². The summed E-state index contributed by atoms with van der Waals surface area (Å²) in [5, 5.41) is 0. The molecule has 1 N–H and O–H groups in total. The van der Waals surface area contributed by atoms with E-state index in [1.807, 2.05) is 6.07 Å². The van der Waals surface area contributed by atoms with Crippen LogP contribution < -0.4 is 0 Å². The molecule has 2 heterocycles. The molecule has 2 aromatic rings. The molecule has 6 heteroatoms. The lowest BCUT2D eigenvalue weighted by Crippen LogP contribution is -1.99. The van der Waals surface area contributed by atoms with Crippen LogP contribution in [-0.2, 0) is 12.8 Å². The standard InChI is InChI=1S/C12H9Br2N3S/c13-6-4-8(14)10(15-5-6)11-16-9-3-1-2-7(9)12(18)17-11/h4-5H,1-3H2,(H,16,17,18). The smallest absolute Gasteiger partial charge is 0.159 e. The summed E-state index contributed by atoms with van der Waals surface area (Å²) in [5.41, 5.74) is 3.20. The van der Waals surface area contributed by atoms with Crippen molar-refractivity contribution in [2.75, 3.05) is 0 Å². The molecule has 0 aliphatic heterocycles. The van der Waals surface area contributed by atoms with Crippen LogP contribution in [0, 0.1) is 4.64 Å². The first-order valence-electron chi connectivity index (χ1n) is 5.58. The van der Waals surface area contributed by atoms with Crippen LogP contribution in [0.1, 0.15) is 17.7 Å². The van der Waals surface area contributed by atoms with Crippen LogP contribution >= 0.6 is 44.1 Å². The van der Waals surface area contributed by atoms with E-state index in [2.05, 4.69) is 46.8 Å². The number of halogens is 2. The van der Waals surface area contributed by atoms with E-state index in [4.69, 9.17) is 12.2 Å². The summed E-state index contributed by atoms with van der Waals surface area (Å²) < 4.78 is 2.53. The van der Waals surface area contributed by atoms with E-state index in [-0.39, 0.29) is 0 Å². The van der Waals surface area contributed by atoms with Gasteiger partial charge in [0.05, 0.1) is 0 Å². The van der Waals surface area contributed by atoms with Gasteiger partial charge in [0.15, 0.2) is 5.82 Å². The van der Waals surface area contributed by atoms with Crippen LogP contribution in [0.5, 0.6) is 0 Å². The molecule has 1 aliphatic carbocycles. The monoisotopic (exact) mass is 385 g/mol. The maximum atomic E-state index is 5.35. The van der Waals surface area contributed by atoms with Crippen LogP contribution in [0.4, 0.5) is 0 Å². The van der Waals surface area contributed by atoms with Gasteiger partial charge in [-0.1, -0.05) is 12.2 Å². The van der Waals surface area contributed by atoms with Crippen molar-refractivity contribution in [2.24, 2.45) is 0 Å². The van der Waals surface area contributed by atoms with Crippen molar-refractivity contribution in [2.45, 2.75) is 19.3 Å². The van der Waals surface area contributed by atoms with Crippen LogP contribution in [0.15, 0.2) is 21.2 Å². The lowest BCUT2D eigenvalue weighted by atomic mass is 10.2. The zero-order chi connectivity index (χ0) is 12.7.